The van der Waals surface area contributed by atoms with E-state index in [1.54, 1.807) is 0 Å². The predicted octanol–water partition coefficient (Wildman–Crippen LogP) is 7.40. The molecule has 0 aromatic heterocycles. The molecule has 1 aliphatic heterocycles. The highest BCUT2D eigenvalue weighted by molar-refractivity contribution is 14.1. The van der Waals surface area contributed by atoms with E-state index in [0.29, 0.717) is 18.0 Å². The molecule has 1 saturated carbocycles. The first kappa shape index (κ1) is 23.4. The van der Waals surface area contributed by atoms with Gasteiger partial charge in [0.15, 0.2) is 0 Å². The number of benzene rings is 1. The van der Waals surface area contributed by atoms with Gasteiger partial charge in [-0.1, -0.05) is 104 Å². The third-order valence-electron chi connectivity index (χ3n) is 7.46. The first-order valence-corrected chi connectivity index (χ1v) is 14.2. The molecule has 1 aromatic rings. The SMILES string of the molecule is IC1CCC(NC2=CC(c3ccccc3)=CC3NCCCCCCCCCCC23)CC1. The predicted molar refractivity (Wildman–Crippen MR) is 143 cm³/mol. The highest BCUT2D eigenvalue weighted by atomic mass is 127. The number of rotatable bonds is 3. The molecular formula is C28H41IN2. The van der Waals surface area contributed by atoms with E-state index >= 15 is 0 Å². The molecule has 2 aliphatic carbocycles. The van der Waals surface area contributed by atoms with E-state index in [1.165, 1.54) is 100 Å². The van der Waals surface area contributed by atoms with Crippen LogP contribution in [0.2, 0.25) is 0 Å². The maximum absolute atomic E-state index is 4.08. The van der Waals surface area contributed by atoms with Gasteiger partial charge in [-0.3, -0.25) is 0 Å². The van der Waals surface area contributed by atoms with Gasteiger partial charge < -0.3 is 10.6 Å². The van der Waals surface area contributed by atoms with E-state index in [-0.39, 0.29) is 0 Å². The van der Waals surface area contributed by atoms with Crippen LogP contribution in [0, 0.1) is 5.92 Å². The fraction of sp³-hybridized carbons (Fsp3) is 0.643. The van der Waals surface area contributed by atoms with Gasteiger partial charge in [0.25, 0.3) is 0 Å². The van der Waals surface area contributed by atoms with Gasteiger partial charge in [0, 0.05) is 27.6 Å². The molecule has 170 valence electrons. The minimum Gasteiger partial charge on any atom is -0.385 e. The minimum absolute atomic E-state index is 0.448. The zero-order valence-electron chi connectivity index (χ0n) is 19.1. The molecule has 2 fully saturated rings. The Hall–Kier alpha value is -0.810. The normalized spacial score (nSPS) is 31.1. The molecule has 4 rings (SSSR count). The lowest BCUT2D eigenvalue weighted by atomic mass is 9.82. The van der Waals surface area contributed by atoms with Crippen molar-refractivity contribution in [2.45, 2.75) is 99.5 Å². The summed E-state index contributed by atoms with van der Waals surface area (Å²) >= 11 is 2.64. The second-order valence-corrected chi connectivity index (χ2v) is 11.6. The topological polar surface area (TPSA) is 24.1 Å². The van der Waals surface area contributed by atoms with E-state index in [4.69, 9.17) is 0 Å². The minimum atomic E-state index is 0.448. The van der Waals surface area contributed by atoms with Gasteiger partial charge in [-0.05, 0) is 62.3 Å². The van der Waals surface area contributed by atoms with Gasteiger partial charge in [0.2, 0.25) is 0 Å². The second-order valence-electron chi connectivity index (χ2n) is 9.88. The fourth-order valence-corrected chi connectivity index (χ4v) is 6.29. The molecule has 1 aromatic carbocycles. The maximum Gasteiger partial charge on any atom is 0.0342 e. The molecule has 0 spiro atoms. The number of fused-ring (bicyclic) bond motifs is 1. The molecule has 2 N–H and O–H groups in total. The molecule has 0 radical (unpaired) electrons. The molecule has 1 saturated heterocycles. The summed E-state index contributed by atoms with van der Waals surface area (Å²) in [6.45, 7) is 1.15. The molecule has 3 heteroatoms. The van der Waals surface area contributed by atoms with Crippen molar-refractivity contribution in [2.24, 2.45) is 5.92 Å². The Morgan fingerprint density at radius 1 is 0.774 bits per heavy atom. The van der Waals surface area contributed by atoms with Crippen LogP contribution >= 0.6 is 22.6 Å². The Balaban J connectivity index is 1.56. The van der Waals surface area contributed by atoms with E-state index in [0.717, 1.165) is 10.5 Å². The summed E-state index contributed by atoms with van der Waals surface area (Å²) in [5.41, 5.74) is 4.25. The summed E-state index contributed by atoms with van der Waals surface area (Å²) in [7, 11) is 0. The summed E-state index contributed by atoms with van der Waals surface area (Å²) in [5.74, 6) is 0.588. The van der Waals surface area contributed by atoms with Crippen molar-refractivity contribution in [1.29, 1.82) is 0 Å². The lowest BCUT2D eigenvalue weighted by Crippen LogP contribution is -2.44. The van der Waals surface area contributed by atoms with Gasteiger partial charge in [0.1, 0.15) is 0 Å². The van der Waals surface area contributed by atoms with E-state index < -0.39 is 0 Å². The molecule has 0 amide bonds. The van der Waals surface area contributed by atoms with Crippen LogP contribution < -0.4 is 10.6 Å². The highest BCUT2D eigenvalue weighted by Gasteiger charge is 2.30. The van der Waals surface area contributed by atoms with Crippen LogP contribution in [0.4, 0.5) is 0 Å². The van der Waals surface area contributed by atoms with Crippen LogP contribution in [-0.2, 0) is 0 Å². The molecule has 3 aliphatic rings. The lowest BCUT2D eigenvalue weighted by Gasteiger charge is -2.36. The lowest BCUT2D eigenvalue weighted by molar-refractivity contribution is 0.350. The van der Waals surface area contributed by atoms with Crippen molar-refractivity contribution in [3.8, 4) is 0 Å². The van der Waals surface area contributed by atoms with E-state index in [2.05, 4.69) is 75.7 Å². The number of allylic oxidation sites excluding steroid dienone is 2. The Morgan fingerprint density at radius 2 is 1.45 bits per heavy atom. The van der Waals surface area contributed by atoms with Crippen molar-refractivity contribution in [2.75, 3.05) is 6.54 Å². The average Bonchev–Trinajstić information content (AvgIpc) is 2.82. The number of nitrogens with one attached hydrogen (secondary N) is 2. The maximum atomic E-state index is 4.08. The first-order chi connectivity index (χ1) is 15.3. The van der Waals surface area contributed by atoms with Gasteiger partial charge in [-0.2, -0.15) is 0 Å². The summed E-state index contributed by atoms with van der Waals surface area (Å²) in [4.78, 5) is 0. The van der Waals surface area contributed by atoms with Gasteiger partial charge in [-0.25, -0.2) is 0 Å². The molecule has 31 heavy (non-hydrogen) atoms. The first-order valence-electron chi connectivity index (χ1n) is 12.9. The van der Waals surface area contributed by atoms with Gasteiger partial charge in [0.05, 0.1) is 0 Å². The number of halogens is 1. The van der Waals surface area contributed by atoms with Crippen molar-refractivity contribution in [3.05, 3.63) is 53.7 Å². The fourth-order valence-electron chi connectivity index (χ4n) is 5.57. The molecule has 2 unspecified atom stereocenters. The zero-order valence-corrected chi connectivity index (χ0v) is 21.3. The Kier molecular flexibility index (Phi) is 9.37. The summed E-state index contributed by atoms with van der Waals surface area (Å²) < 4.78 is 0.871. The van der Waals surface area contributed by atoms with Crippen LogP contribution in [-0.4, -0.2) is 22.6 Å². The smallest absolute Gasteiger partial charge is 0.0342 e. The van der Waals surface area contributed by atoms with Gasteiger partial charge >= 0.3 is 0 Å². The quantitative estimate of drug-likeness (QED) is 0.313. The standard InChI is InChI=1S/C28H41IN2/c29-24-15-17-25(18-16-24)31-28-21-23(22-12-8-7-9-13-22)20-27-26(28)14-10-5-3-1-2-4-6-11-19-30-27/h7-9,12-13,20-21,24-27,30-31H,1-6,10-11,14-19H2. The third kappa shape index (κ3) is 7.08. The van der Waals surface area contributed by atoms with E-state index in [1.807, 2.05) is 0 Å². The van der Waals surface area contributed by atoms with E-state index in [9.17, 15) is 0 Å². The molecule has 1 heterocycles. The number of hydrogen-bond acceptors (Lipinski definition) is 2. The van der Waals surface area contributed by atoms with Crippen LogP contribution in [0.25, 0.3) is 5.57 Å². The van der Waals surface area contributed by atoms with Crippen LogP contribution in [0.15, 0.2) is 48.2 Å². The van der Waals surface area contributed by atoms with Crippen molar-refractivity contribution >= 4 is 28.2 Å². The Labute approximate surface area is 203 Å². The number of alkyl halides is 1. The molecule has 0 bridgehead atoms. The Morgan fingerprint density at radius 3 is 2.19 bits per heavy atom. The van der Waals surface area contributed by atoms with Gasteiger partial charge in [-0.15, -0.1) is 0 Å². The second kappa shape index (κ2) is 12.4. The van der Waals surface area contributed by atoms with Crippen LogP contribution in [0.5, 0.6) is 0 Å². The van der Waals surface area contributed by atoms with Crippen LogP contribution in [0.3, 0.4) is 0 Å². The van der Waals surface area contributed by atoms with Crippen LogP contribution in [0.1, 0.15) is 89.0 Å². The Bertz CT molecular complexity index is 718. The largest absolute Gasteiger partial charge is 0.385 e. The zero-order chi connectivity index (χ0) is 21.3. The van der Waals surface area contributed by atoms with Crippen molar-refractivity contribution < 1.29 is 0 Å². The summed E-state index contributed by atoms with van der Waals surface area (Å²) in [5, 5.41) is 8.05. The third-order valence-corrected chi connectivity index (χ3v) is 8.71. The monoisotopic (exact) mass is 532 g/mol. The number of hydrogen-bond donors (Lipinski definition) is 2. The van der Waals surface area contributed by atoms with Crippen molar-refractivity contribution in [3.63, 3.8) is 0 Å². The average molecular weight is 533 g/mol. The summed E-state index contributed by atoms with van der Waals surface area (Å²) in [6, 6.07) is 12.1. The van der Waals surface area contributed by atoms with Crippen molar-refractivity contribution in [1.82, 2.24) is 10.6 Å². The highest BCUT2D eigenvalue weighted by Crippen LogP contribution is 2.34. The molecular weight excluding hydrogens is 491 g/mol. The summed E-state index contributed by atoms with van der Waals surface area (Å²) in [6.07, 6.45) is 22.8. The molecule has 2 atom stereocenters. The molecule has 2 nitrogen and oxygen atoms in total.